The number of hydrogen-bond donors (Lipinski definition) is 11. The van der Waals surface area contributed by atoms with Crippen LogP contribution in [0, 0.1) is 50.2 Å². The van der Waals surface area contributed by atoms with Crippen LogP contribution in [0.15, 0.2) is 11.6 Å². The highest BCUT2D eigenvalue weighted by Gasteiger charge is 2.72. The molecule has 8 rings (SSSR count). The van der Waals surface area contributed by atoms with E-state index in [0.717, 1.165) is 19.3 Å². The lowest BCUT2D eigenvalue weighted by Gasteiger charge is -2.73. The number of fused-ring (bicyclic) bond motifs is 7. The van der Waals surface area contributed by atoms with E-state index in [0.29, 0.717) is 25.7 Å². The first-order valence-electron chi connectivity index (χ1n) is 24.3. The van der Waals surface area contributed by atoms with E-state index in [1.807, 2.05) is 0 Å². The van der Waals surface area contributed by atoms with Gasteiger partial charge < -0.3 is 89.3 Å². The average Bonchev–Trinajstić information content (AvgIpc) is 3.25. The van der Waals surface area contributed by atoms with Crippen molar-refractivity contribution >= 4 is 0 Å². The topological polar surface area (TPSA) is 287 Å². The molecule has 0 spiro atoms. The zero-order chi connectivity index (χ0) is 48.4. The molecule has 0 amide bonds. The summed E-state index contributed by atoms with van der Waals surface area (Å²) in [6, 6.07) is 0. The monoisotopic (exact) mass is 945 g/mol. The Bertz CT molecular complexity index is 1770. The standard InChI is InChI=1S/C48H80O18/c1-21-31(54)34(57)37(66-42-38(35(58)33(56)26(18-49)63-42)65-40-36(59)32(55)24(51)19-61-40)41(62-21)64-30-11-12-45(6)27(44(30,4)5)10-13-46(7)39(45)25(60-9)14-22-23-15-43(2,3)28(52)17-48(23,20-50)29(53)16-47(22,46)8/h14,21,23-42,49-59H,10-13,15-20H2,1-9H3. The van der Waals surface area contributed by atoms with E-state index in [9.17, 15) is 56.2 Å². The van der Waals surface area contributed by atoms with Gasteiger partial charge in [-0.1, -0.05) is 60.1 Å². The van der Waals surface area contributed by atoms with Gasteiger partial charge in [-0.3, -0.25) is 0 Å². The van der Waals surface area contributed by atoms with Gasteiger partial charge in [0.2, 0.25) is 0 Å². The molecule has 0 aromatic rings. The molecule has 380 valence electrons. The number of allylic oxidation sites excluding steroid dienone is 1. The largest absolute Gasteiger partial charge is 0.396 e. The minimum atomic E-state index is -1.81. The van der Waals surface area contributed by atoms with Crippen molar-refractivity contribution in [1.29, 1.82) is 0 Å². The first-order valence-corrected chi connectivity index (χ1v) is 24.3. The van der Waals surface area contributed by atoms with Crippen molar-refractivity contribution in [3.63, 3.8) is 0 Å². The zero-order valence-electron chi connectivity index (χ0n) is 40.0. The third-order valence-corrected chi connectivity index (χ3v) is 19.4. The van der Waals surface area contributed by atoms with Crippen molar-refractivity contribution in [3.8, 4) is 0 Å². The van der Waals surface area contributed by atoms with E-state index in [2.05, 4.69) is 54.5 Å². The highest BCUT2D eigenvalue weighted by atomic mass is 16.8. The second-order valence-electron chi connectivity index (χ2n) is 23.6. The van der Waals surface area contributed by atoms with Crippen LogP contribution in [0.2, 0.25) is 0 Å². The summed E-state index contributed by atoms with van der Waals surface area (Å²) in [6.07, 6.45) is -17.0. The number of methoxy groups -OCH3 is 1. The number of ether oxygens (including phenoxy) is 7. The van der Waals surface area contributed by atoms with Gasteiger partial charge in [0, 0.05) is 18.4 Å². The van der Waals surface area contributed by atoms with Crippen molar-refractivity contribution in [3.05, 3.63) is 11.6 Å². The highest BCUT2D eigenvalue weighted by Crippen LogP contribution is 2.76. The van der Waals surface area contributed by atoms with Crippen LogP contribution in [0.4, 0.5) is 0 Å². The van der Waals surface area contributed by atoms with Gasteiger partial charge in [-0.05, 0) is 90.8 Å². The van der Waals surface area contributed by atoms with E-state index in [-0.39, 0.29) is 41.3 Å². The zero-order valence-corrected chi connectivity index (χ0v) is 40.0. The summed E-state index contributed by atoms with van der Waals surface area (Å²) in [6.45, 7) is 15.7. The quantitative estimate of drug-likeness (QED) is 0.106. The summed E-state index contributed by atoms with van der Waals surface area (Å²) in [7, 11) is 1.76. The minimum absolute atomic E-state index is 0.0235. The fourth-order valence-corrected chi connectivity index (χ4v) is 15.1. The third kappa shape index (κ3) is 7.74. The Balaban J connectivity index is 1.07. The molecule has 18 heteroatoms. The molecule has 5 aliphatic carbocycles. The summed E-state index contributed by atoms with van der Waals surface area (Å²) < 4.78 is 43.3. The van der Waals surface area contributed by atoms with Gasteiger partial charge in [-0.2, -0.15) is 0 Å². The summed E-state index contributed by atoms with van der Waals surface area (Å²) >= 11 is 0. The molecule has 18 nitrogen and oxygen atoms in total. The number of aliphatic hydroxyl groups excluding tert-OH is 11. The molecular formula is C48H80O18. The molecule has 3 saturated heterocycles. The van der Waals surface area contributed by atoms with E-state index in [4.69, 9.17) is 33.2 Å². The molecule has 25 unspecified atom stereocenters. The smallest absolute Gasteiger partial charge is 0.187 e. The molecule has 25 atom stereocenters. The second kappa shape index (κ2) is 17.9. The maximum atomic E-state index is 12.2. The maximum Gasteiger partial charge on any atom is 0.187 e. The molecule has 3 aliphatic heterocycles. The lowest BCUT2D eigenvalue weighted by Crippen LogP contribution is -2.70. The second-order valence-corrected chi connectivity index (χ2v) is 23.6. The van der Waals surface area contributed by atoms with Crippen LogP contribution in [-0.2, 0) is 33.2 Å². The van der Waals surface area contributed by atoms with Gasteiger partial charge in [0.1, 0.15) is 61.0 Å². The molecule has 7 fully saturated rings. The average molecular weight is 945 g/mol. The summed E-state index contributed by atoms with van der Waals surface area (Å²) in [5.41, 5.74) is -1.62. The van der Waals surface area contributed by atoms with E-state index in [1.54, 1.807) is 14.0 Å². The van der Waals surface area contributed by atoms with Gasteiger partial charge in [-0.15, -0.1) is 0 Å². The Labute approximate surface area is 388 Å². The number of hydrogen-bond acceptors (Lipinski definition) is 18. The van der Waals surface area contributed by atoms with Crippen LogP contribution in [-0.4, -0.2) is 194 Å². The first-order chi connectivity index (χ1) is 30.8. The molecule has 0 radical (unpaired) electrons. The molecule has 11 N–H and O–H groups in total. The van der Waals surface area contributed by atoms with Crippen LogP contribution < -0.4 is 0 Å². The normalized spacial score (nSPS) is 55.7. The lowest BCUT2D eigenvalue weighted by atomic mass is 9.32. The summed E-state index contributed by atoms with van der Waals surface area (Å²) in [5, 5.41) is 121. The molecule has 4 saturated carbocycles. The fraction of sp³-hybridized carbons (Fsp3) is 0.958. The van der Waals surface area contributed by atoms with Crippen LogP contribution in [0.3, 0.4) is 0 Å². The number of rotatable bonds is 9. The summed E-state index contributed by atoms with van der Waals surface area (Å²) in [5.74, 6) is -0.0359. The SMILES string of the molecule is COC1C=C2C3CC(C)(C)C(O)CC3(CO)C(O)CC2(C)C2(C)CCC3C(C)(C)C(OC4OC(C)C(O)C(O)C4OC4OC(CO)C(O)C(O)C4OC4OCC(O)C(O)C4O)CCC3(C)C12. The third-order valence-electron chi connectivity index (χ3n) is 19.4. The van der Waals surface area contributed by atoms with Gasteiger partial charge >= 0.3 is 0 Å². The first kappa shape index (κ1) is 51.4. The fourth-order valence-electron chi connectivity index (χ4n) is 15.1. The Kier molecular flexibility index (Phi) is 14.0. The Morgan fingerprint density at radius 2 is 1.32 bits per heavy atom. The Hall–Kier alpha value is -0.980. The predicted molar refractivity (Wildman–Crippen MR) is 232 cm³/mol. The molecule has 0 bridgehead atoms. The van der Waals surface area contributed by atoms with Gasteiger partial charge in [0.05, 0.1) is 50.3 Å². The molecule has 0 aromatic carbocycles. The van der Waals surface area contributed by atoms with Gasteiger partial charge in [-0.25, -0.2) is 0 Å². The Morgan fingerprint density at radius 1 is 0.682 bits per heavy atom. The van der Waals surface area contributed by atoms with Crippen molar-refractivity contribution in [1.82, 2.24) is 0 Å². The molecule has 0 aromatic heterocycles. The van der Waals surface area contributed by atoms with Crippen molar-refractivity contribution < 1.29 is 89.3 Å². The van der Waals surface area contributed by atoms with E-state index < -0.39 is 139 Å². The minimum Gasteiger partial charge on any atom is -0.396 e. The highest BCUT2D eigenvalue weighted by molar-refractivity contribution is 5.37. The van der Waals surface area contributed by atoms with Crippen molar-refractivity contribution in [2.45, 2.75) is 211 Å². The maximum absolute atomic E-state index is 12.2. The molecular weight excluding hydrogens is 865 g/mol. The van der Waals surface area contributed by atoms with E-state index in [1.165, 1.54) is 5.57 Å². The van der Waals surface area contributed by atoms with E-state index >= 15 is 0 Å². The van der Waals surface area contributed by atoms with Crippen LogP contribution in [0.25, 0.3) is 0 Å². The molecule has 66 heavy (non-hydrogen) atoms. The van der Waals surface area contributed by atoms with Gasteiger partial charge in [0.15, 0.2) is 18.9 Å². The number of aliphatic hydroxyl groups is 11. The Morgan fingerprint density at radius 3 is 1.95 bits per heavy atom. The van der Waals surface area contributed by atoms with Crippen LogP contribution in [0.5, 0.6) is 0 Å². The van der Waals surface area contributed by atoms with Crippen LogP contribution >= 0.6 is 0 Å². The predicted octanol–water partition coefficient (Wildman–Crippen LogP) is -0.153. The van der Waals surface area contributed by atoms with Crippen molar-refractivity contribution in [2.24, 2.45) is 50.2 Å². The molecule has 8 aliphatic rings. The lowest BCUT2D eigenvalue weighted by molar-refractivity contribution is -0.393. The molecule has 3 heterocycles. The van der Waals surface area contributed by atoms with Crippen LogP contribution in [0.1, 0.15) is 100 Å². The van der Waals surface area contributed by atoms with Gasteiger partial charge in [0.25, 0.3) is 0 Å². The van der Waals surface area contributed by atoms with Crippen molar-refractivity contribution in [2.75, 3.05) is 26.9 Å². The summed E-state index contributed by atoms with van der Waals surface area (Å²) in [4.78, 5) is 0.